The van der Waals surface area contributed by atoms with Crippen molar-refractivity contribution in [1.82, 2.24) is 0 Å². The first-order chi connectivity index (χ1) is 4.09. The van der Waals surface area contributed by atoms with E-state index >= 15 is 0 Å². The standard InChI is InChI=1S/C6H15N3/c1-3-5(8)6(9)4(2)7/h4H,3,7-9H2,1-2H3/b6-5-. The van der Waals surface area contributed by atoms with Crippen LogP contribution in [-0.4, -0.2) is 6.04 Å². The van der Waals surface area contributed by atoms with Gasteiger partial charge in [-0.1, -0.05) is 6.92 Å². The van der Waals surface area contributed by atoms with Crippen LogP contribution in [0.15, 0.2) is 11.4 Å². The minimum absolute atomic E-state index is 0.120. The summed E-state index contributed by atoms with van der Waals surface area (Å²) < 4.78 is 0. The molecule has 0 spiro atoms. The summed E-state index contributed by atoms with van der Waals surface area (Å²) in [5.74, 6) is 0. The molecule has 6 N–H and O–H groups in total. The minimum Gasteiger partial charge on any atom is -0.401 e. The molecule has 0 amide bonds. The maximum atomic E-state index is 5.50. The summed E-state index contributed by atoms with van der Waals surface area (Å²) in [6.07, 6.45) is 0.771. The Morgan fingerprint density at radius 2 is 1.89 bits per heavy atom. The molecule has 0 saturated heterocycles. The lowest BCUT2D eigenvalue weighted by Gasteiger charge is -2.07. The maximum absolute atomic E-state index is 5.50. The Bertz CT molecular complexity index is 115. The van der Waals surface area contributed by atoms with Crippen LogP contribution in [-0.2, 0) is 0 Å². The van der Waals surface area contributed by atoms with E-state index in [-0.39, 0.29) is 6.04 Å². The predicted octanol–water partition coefficient (Wildman–Crippen LogP) is -0.127. The Morgan fingerprint density at radius 1 is 1.44 bits per heavy atom. The highest BCUT2D eigenvalue weighted by atomic mass is 14.8. The highest BCUT2D eigenvalue weighted by Gasteiger charge is 2.00. The molecule has 0 rings (SSSR count). The predicted molar refractivity (Wildman–Crippen MR) is 39.3 cm³/mol. The number of nitrogens with two attached hydrogens (primary N) is 3. The Labute approximate surface area is 55.9 Å². The third kappa shape index (κ3) is 2.37. The molecule has 0 aliphatic rings. The third-order valence-corrected chi connectivity index (χ3v) is 1.24. The first-order valence-electron chi connectivity index (χ1n) is 3.09. The van der Waals surface area contributed by atoms with E-state index in [0.29, 0.717) is 11.4 Å². The van der Waals surface area contributed by atoms with Crippen LogP contribution in [0.5, 0.6) is 0 Å². The molecule has 0 aromatic carbocycles. The molecule has 0 bridgehead atoms. The lowest BCUT2D eigenvalue weighted by Crippen LogP contribution is -2.27. The lowest BCUT2D eigenvalue weighted by molar-refractivity contribution is 0.812. The fourth-order valence-electron chi connectivity index (χ4n) is 0.497. The molecular weight excluding hydrogens is 114 g/mol. The summed E-state index contributed by atoms with van der Waals surface area (Å²) >= 11 is 0. The smallest absolute Gasteiger partial charge is 0.0439 e. The van der Waals surface area contributed by atoms with Crippen molar-refractivity contribution in [3.8, 4) is 0 Å². The zero-order valence-electron chi connectivity index (χ0n) is 6.02. The normalized spacial score (nSPS) is 16.8. The van der Waals surface area contributed by atoms with Crippen LogP contribution in [0.4, 0.5) is 0 Å². The molecule has 3 heteroatoms. The molecule has 0 aromatic rings. The molecule has 54 valence electrons. The zero-order valence-corrected chi connectivity index (χ0v) is 6.02. The van der Waals surface area contributed by atoms with Gasteiger partial charge in [0.15, 0.2) is 0 Å². The lowest BCUT2D eigenvalue weighted by atomic mass is 10.2. The first-order valence-corrected chi connectivity index (χ1v) is 3.09. The van der Waals surface area contributed by atoms with Crippen LogP contribution >= 0.6 is 0 Å². The number of allylic oxidation sites excluding steroid dienone is 1. The highest BCUT2D eigenvalue weighted by Crippen LogP contribution is 1.98. The van der Waals surface area contributed by atoms with Gasteiger partial charge in [-0.15, -0.1) is 0 Å². The molecule has 0 heterocycles. The van der Waals surface area contributed by atoms with Crippen LogP contribution in [0.3, 0.4) is 0 Å². The van der Waals surface area contributed by atoms with Gasteiger partial charge in [-0.05, 0) is 13.3 Å². The van der Waals surface area contributed by atoms with E-state index < -0.39 is 0 Å². The first kappa shape index (κ1) is 8.30. The van der Waals surface area contributed by atoms with Gasteiger partial charge in [0.25, 0.3) is 0 Å². The van der Waals surface area contributed by atoms with Crippen LogP contribution < -0.4 is 17.2 Å². The second-order valence-corrected chi connectivity index (χ2v) is 2.12. The third-order valence-electron chi connectivity index (χ3n) is 1.24. The summed E-state index contributed by atoms with van der Waals surface area (Å²) in [6.45, 7) is 3.77. The summed E-state index contributed by atoms with van der Waals surface area (Å²) in [5.41, 5.74) is 17.7. The Balaban J connectivity index is 4.10. The molecule has 1 atom stereocenters. The van der Waals surface area contributed by atoms with Crippen molar-refractivity contribution in [2.75, 3.05) is 0 Å². The van der Waals surface area contributed by atoms with Crippen LogP contribution in [0, 0.1) is 0 Å². The topological polar surface area (TPSA) is 78.1 Å². The summed E-state index contributed by atoms with van der Waals surface area (Å²) in [6, 6.07) is -0.120. The molecule has 1 unspecified atom stereocenters. The van der Waals surface area contributed by atoms with Gasteiger partial charge in [0.05, 0.1) is 0 Å². The van der Waals surface area contributed by atoms with Gasteiger partial charge >= 0.3 is 0 Å². The number of rotatable bonds is 2. The Morgan fingerprint density at radius 3 is 2.00 bits per heavy atom. The minimum atomic E-state index is -0.120. The molecule has 9 heavy (non-hydrogen) atoms. The quantitative estimate of drug-likeness (QED) is 0.486. The van der Waals surface area contributed by atoms with E-state index in [1.807, 2.05) is 13.8 Å². The summed E-state index contributed by atoms with van der Waals surface area (Å²) in [7, 11) is 0. The van der Waals surface area contributed by atoms with Crippen molar-refractivity contribution in [3.05, 3.63) is 11.4 Å². The van der Waals surface area contributed by atoms with Crippen LogP contribution in [0.1, 0.15) is 20.3 Å². The molecule has 0 radical (unpaired) electrons. The van der Waals surface area contributed by atoms with E-state index in [4.69, 9.17) is 17.2 Å². The number of hydrogen-bond acceptors (Lipinski definition) is 3. The van der Waals surface area contributed by atoms with Gasteiger partial charge in [-0.3, -0.25) is 0 Å². The molecular formula is C6H15N3. The Hall–Kier alpha value is -0.700. The zero-order chi connectivity index (χ0) is 7.44. The molecule has 0 aliphatic heterocycles. The van der Waals surface area contributed by atoms with Crippen molar-refractivity contribution in [2.24, 2.45) is 17.2 Å². The van der Waals surface area contributed by atoms with Gasteiger partial charge in [-0.2, -0.15) is 0 Å². The van der Waals surface area contributed by atoms with E-state index in [0.717, 1.165) is 6.42 Å². The van der Waals surface area contributed by atoms with Crippen LogP contribution in [0.2, 0.25) is 0 Å². The van der Waals surface area contributed by atoms with Crippen LogP contribution in [0.25, 0.3) is 0 Å². The monoisotopic (exact) mass is 129 g/mol. The Kier molecular flexibility index (Phi) is 3.09. The van der Waals surface area contributed by atoms with Crippen molar-refractivity contribution >= 4 is 0 Å². The van der Waals surface area contributed by atoms with Crippen molar-refractivity contribution in [3.63, 3.8) is 0 Å². The molecule has 0 aromatic heterocycles. The molecule has 0 saturated carbocycles. The summed E-state index contributed by atoms with van der Waals surface area (Å²) in [4.78, 5) is 0. The SMILES string of the molecule is CC/C(N)=C(/N)C(C)N. The van der Waals surface area contributed by atoms with E-state index in [1.165, 1.54) is 0 Å². The van der Waals surface area contributed by atoms with E-state index in [1.54, 1.807) is 0 Å². The fourth-order valence-corrected chi connectivity index (χ4v) is 0.497. The highest BCUT2D eigenvalue weighted by molar-refractivity contribution is 5.11. The van der Waals surface area contributed by atoms with Gasteiger partial charge in [-0.25, -0.2) is 0 Å². The molecule has 0 fully saturated rings. The second-order valence-electron chi connectivity index (χ2n) is 2.12. The van der Waals surface area contributed by atoms with Crippen molar-refractivity contribution in [1.29, 1.82) is 0 Å². The average molecular weight is 129 g/mol. The largest absolute Gasteiger partial charge is 0.401 e. The van der Waals surface area contributed by atoms with E-state index in [2.05, 4.69) is 0 Å². The number of hydrogen-bond donors (Lipinski definition) is 3. The van der Waals surface area contributed by atoms with Crippen molar-refractivity contribution < 1.29 is 0 Å². The average Bonchev–Trinajstić information content (AvgIpc) is 1.84. The summed E-state index contributed by atoms with van der Waals surface area (Å²) in [5, 5.41) is 0. The van der Waals surface area contributed by atoms with Gasteiger partial charge in [0, 0.05) is 17.4 Å². The second kappa shape index (κ2) is 3.35. The van der Waals surface area contributed by atoms with Gasteiger partial charge in [0.2, 0.25) is 0 Å². The van der Waals surface area contributed by atoms with Gasteiger partial charge in [0.1, 0.15) is 0 Å². The van der Waals surface area contributed by atoms with Gasteiger partial charge < -0.3 is 17.2 Å². The van der Waals surface area contributed by atoms with E-state index in [9.17, 15) is 0 Å². The fraction of sp³-hybridized carbons (Fsp3) is 0.667. The van der Waals surface area contributed by atoms with Crippen molar-refractivity contribution in [2.45, 2.75) is 26.3 Å². The maximum Gasteiger partial charge on any atom is 0.0439 e. The molecule has 0 aliphatic carbocycles. The molecule has 3 nitrogen and oxygen atoms in total.